The third-order valence-corrected chi connectivity index (χ3v) is 3.47. The second kappa shape index (κ2) is 9.79. The summed E-state index contributed by atoms with van der Waals surface area (Å²) in [6, 6.07) is 16.1. The lowest BCUT2D eigenvalue weighted by atomic mass is 10.2. The summed E-state index contributed by atoms with van der Waals surface area (Å²) in [5.74, 6) is 0.833. The Kier molecular flexibility index (Phi) is 8.38. The molecular weight excluding hydrogens is 354 g/mol. The third-order valence-electron chi connectivity index (χ3n) is 2.85. The average Bonchev–Trinajstić information content (AvgIpc) is 2.48. The summed E-state index contributed by atoms with van der Waals surface area (Å²) >= 11 is 3.53. The topological polar surface area (TPSA) is 41.5 Å². The van der Waals surface area contributed by atoms with Crippen molar-refractivity contribution < 1.29 is 9.84 Å². The van der Waals surface area contributed by atoms with Crippen molar-refractivity contribution in [2.24, 2.45) is 0 Å². The second-order valence-corrected chi connectivity index (χ2v) is 5.29. The van der Waals surface area contributed by atoms with Crippen molar-refractivity contribution in [2.75, 3.05) is 13.2 Å². The van der Waals surface area contributed by atoms with Crippen LogP contribution in [0.1, 0.15) is 11.1 Å². The van der Waals surface area contributed by atoms with Crippen LogP contribution < -0.4 is 10.1 Å². The van der Waals surface area contributed by atoms with Gasteiger partial charge in [-0.05, 0) is 39.2 Å². The highest BCUT2D eigenvalue weighted by atomic mass is 79.9. The molecule has 0 spiro atoms. The fourth-order valence-electron chi connectivity index (χ4n) is 1.82. The van der Waals surface area contributed by atoms with E-state index >= 15 is 0 Å². The number of aliphatic hydroxyl groups excluding tert-OH is 1. The van der Waals surface area contributed by atoms with E-state index in [1.807, 2.05) is 48.5 Å². The van der Waals surface area contributed by atoms with Crippen LogP contribution in [0.4, 0.5) is 0 Å². The molecule has 2 aromatic rings. The molecular formula is C16H19BrClNO2. The van der Waals surface area contributed by atoms with E-state index in [1.54, 1.807) is 0 Å². The number of nitrogens with one attached hydrogen (secondary N) is 1. The maximum Gasteiger partial charge on any atom is 0.134 e. The summed E-state index contributed by atoms with van der Waals surface area (Å²) in [6.07, 6.45) is 0. The van der Waals surface area contributed by atoms with Crippen LogP contribution in [0, 0.1) is 0 Å². The van der Waals surface area contributed by atoms with Gasteiger partial charge < -0.3 is 15.2 Å². The number of ether oxygens (including phenoxy) is 1. The average molecular weight is 373 g/mol. The van der Waals surface area contributed by atoms with E-state index in [-0.39, 0.29) is 19.0 Å². The summed E-state index contributed by atoms with van der Waals surface area (Å²) in [5.41, 5.74) is 2.30. The van der Waals surface area contributed by atoms with Gasteiger partial charge in [-0.1, -0.05) is 36.4 Å². The van der Waals surface area contributed by atoms with Crippen LogP contribution in [-0.4, -0.2) is 18.3 Å². The van der Waals surface area contributed by atoms with Gasteiger partial charge in [-0.2, -0.15) is 0 Å². The molecule has 0 amide bonds. The van der Waals surface area contributed by atoms with Gasteiger partial charge in [-0.3, -0.25) is 0 Å². The molecule has 2 aromatic carbocycles. The van der Waals surface area contributed by atoms with Crippen molar-refractivity contribution >= 4 is 28.3 Å². The van der Waals surface area contributed by atoms with Gasteiger partial charge in [0.1, 0.15) is 12.4 Å². The van der Waals surface area contributed by atoms with Gasteiger partial charge in [0.15, 0.2) is 0 Å². The zero-order chi connectivity index (χ0) is 14.2. The van der Waals surface area contributed by atoms with E-state index < -0.39 is 0 Å². The fraction of sp³-hybridized carbons (Fsp3) is 0.250. The molecule has 0 aliphatic rings. The zero-order valence-electron chi connectivity index (χ0n) is 11.6. The summed E-state index contributed by atoms with van der Waals surface area (Å²) in [6.45, 7) is 2.04. The monoisotopic (exact) mass is 371 g/mol. The predicted octanol–water partition coefficient (Wildman–Crippen LogP) is 3.53. The number of aliphatic hydroxyl groups is 1. The van der Waals surface area contributed by atoms with Crippen LogP contribution in [0.3, 0.4) is 0 Å². The summed E-state index contributed by atoms with van der Waals surface area (Å²) in [7, 11) is 0. The minimum Gasteiger partial charge on any atom is -0.488 e. The Balaban J connectivity index is 0.00000220. The largest absolute Gasteiger partial charge is 0.488 e. The maximum absolute atomic E-state index is 8.73. The van der Waals surface area contributed by atoms with Crippen molar-refractivity contribution in [3.8, 4) is 5.75 Å². The summed E-state index contributed by atoms with van der Waals surface area (Å²) in [4.78, 5) is 0. The summed E-state index contributed by atoms with van der Waals surface area (Å²) in [5, 5.41) is 11.9. The van der Waals surface area contributed by atoms with E-state index in [2.05, 4.69) is 21.2 Å². The Labute approximate surface area is 139 Å². The highest BCUT2D eigenvalue weighted by molar-refractivity contribution is 9.10. The lowest BCUT2D eigenvalue weighted by Crippen LogP contribution is -2.17. The molecule has 0 unspecified atom stereocenters. The van der Waals surface area contributed by atoms with Crippen molar-refractivity contribution in [2.45, 2.75) is 13.2 Å². The van der Waals surface area contributed by atoms with Crippen molar-refractivity contribution in [1.29, 1.82) is 0 Å². The van der Waals surface area contributed by atoms with Crippen LogP contribution in [0.2, 0.25) is 0 Å². The highest BCUT2D eigenvalue weighted by Crippen LogP contribution is 2.26. The minimum absolute atomic E-state index is 0. The quantitative estimate of drug-likeness (QED) is 0.731. The van der Waals surface area contributed by atoms with Crippen molar-refractivity contribution in [1.82, 2.24) is 5.32 Å². The molecule has 0 aliphatic carbocycles. The van der Waals surface area contributed by atoms with E-state index in [0.29, 0.717) is 13.2 Å². The van der Waals surface area contributed by atoms with Crippen molar-refractivity contribution in [3.63, 3.8) is 0 Å². The molecule has 0 aromatic heterocycles. The molecule has 2 rings (SSSR count). The van der Waals surface area contributed by atoms with Gasteiger partial charge in [0.05, 0.1) is 11.1 Å². The smallest absolute Gasteiger partial charge is 0.134 e. The van der Waals surface area contributed by atoms with Crippen LogP contribution in [-0.2, 0) is 13.2 Å². The second-order valence-electron chi connectivity index (χ2n) is 4.44. The molecule has 0 radical (unpaired) electrons. The third kappa shape index (κ3) is 6.06. The van der Waals surface area contributed by atoms with Crippen LogP contribution in [0.5, 0.6) is 5.75 Å². The van der Waals surface area contributed by atoms with E-state index in [4.69, 9.17) is 9.84 Å². The van der Waals surface area contributed by atoms with Gasteiger partial charge in [0.2, 0.25) is 0 Å². The molecule has 0 saturated heterocycles. The first kappa shape index (κ1) is 18.0. The maximum atomic E-state index is 8.73. The number of rotatable bonds is 7. The van der Waals surface area contributed by atoms with E-state index in [9.17, 15) is 0 Å². The Morgan fingerprint density at radius 1 is 1.05 bits per heavy atom. The van der Waals surface area contributed by atoms with Crippen LogP contribution in [0.25, 0.3) is 0 Å². The van der Waals surface area contributed by atoms with E-state index in [1.165, 1.54) is 0 Å². The van der Waals surface area contributed by atoms with Crippen LogP contribution in [0.15, 0.2) is 53.0 Å². The lowest BCUT2D eigenvalue weighted by molar-refractivity contribution is 0.292. The molecule has 0 aliphatic heterocycles. The Morgan fingerprint density at radius 2 is 1.81 bits per heavy atom. The molecule has 5 heteroatoms. The molecule has 0 saturated carbocycles. The molecule has 0 atom stereocenters. The summed E-state index contributed by atoms with van der Waals surface area (Å²) < 4.78 is 6.74. The van der Waals surface area contributed by atoms with Gasteiger partial charge >= 0.3 is 0 Å². The molecule has 0 fully saturated rings. The molecule has 114 valence electrons. The first-order valence-electron chi connectivity index (χ1n) is 6.56. The Morgan fingerprint density at radius 3 is 2.48 bits per heavy atom. The van der Waals surface area contributed by atoms with Crippen LogP contribution >= 0.6 is 28.3 Å². The van der Waals surface area contributed by atoms with Gasteiger partial charge in [-0.15, -0.1) is 12.4 Å². The molecule has 0 heterocycles. The Hall–Kier alpha value is -1.07. The zero-order valence-corrected chi connectivity index (χ0v) is 14.0. The molecule has 2 N–H and O–H groups in total. The Bertz CT molecular complexity index is 537. The first-order valence-corrected chi connectivity index (χ1v) is 7.35. The normalized spacial score (nSPS) is 10.0. The lowest BCUT2D eigenvalue weighted by Gasteiger charge is -2.10. The number of hydrogen-bond acceptors (Lipinski definition) is 3. The minimum atomic E-state index is 0. The predicted molar refractivity (Wildman–Crippen MR) is 91.0 cm³/mol. The highest BCUT2D eigenvalue weighted by Gasteiger charge is 2.03. The van der Waals surface area contributed by atoms with Crippen molar-refractivity contribution in [3.05, 3.63) is 64.1 Å². The molecule has 3 nitrogen and oxygen atoms in total. The fourth-order valence-corrected chi connectivity index (χ4v) is 2.36. The van der Waals surface area contributed by atoms with Gasteiger partial charge in [0.25, 0.3) is 0 Å². The first-order chi connectivity index (χ1) is 9.79. The van der Waals surface area contributed by atoms with E-state index in [0.717, 1.165) is 27.9 Å². The number of hydrogen-bond donors (Lipinski definition) is 2. The molecule has 21 heavy (non-hydrogen) atoms. The van der Waals surface area contributed by atoms with Gasteiger partial charge in [-0.25, -0.2) is 0 Å². The van der Waals surface area contributed by atoms with Gasteiger partial charge in [0, 0.05) is 13.1 Å². The number of halogens is 2. The SMILES string of the molecule is Cl.OCCNCc1ccc(OCc2ccccc2)c(Br)c1. The standard InChI is InChI=1S/C16H18BrNO2.ClH/c17-15-10-14(11-18-8-9-19)6-7-16(15)20-12-13-4-2-1-3-5-13;/h1-7,10,18-19H,8-9,11-12H2;1H. The number of benzene rings is 2. The molecule has 0 bridgehead atoms.